The number of aromatic hydroxyl groups is 1. The number of phenolic OH excluding ortho intramolecular Hbond substituents is 1. The first kappa shape index (κ1) is 12.6. The van der Waals surface area contributed by atoms with Crippen molar-refractivity contribution < 1.29 is 5.11 Å². The predicted molar refractivity (Wildman–Crippen MR) is 71.6 cm³/mol. The highest BCUT2D eigenvalue weighted by Gasteiger charge is 2.06. The average Bonchev–Trinajstić information content (AvgIpc) is 2.69. The van der Waals surface area contributed by atoms with E-state index in [9.17, 15) is 5.11 Å². The van der Waals surface area contributed by atoms with Crippen LogP contribution in [0.25, 0.3) is 0 Å². The first-order valence-corrected chi connectivity index (χ1v) is 6.20. The number of nitrogens with one attached hydrogen (secondary N) is 1. The summed E-state index contributed by atoms with van der Waals surface area (Å²) in [6.45, 7) is 6.65. The minimum absolute atomic E-state index is 0.296. The Morgan fingerprint density at radius 3 is 2.94 bits per heavy atom. The zero-order valence-corrected chi connectivity index (χ0v) is 10.8. The molecule has 96 valence electrons. The minimum Gasteiger partial charge on any atom is -0.508 e. The lowest BCUT2D eigenvalue weighted by atomic mass is 10.2. The monoisotopic (exact) mass is 245 g/mol. The van der Waals surface area contributed by atoms with Gasteiger partial charge in [0.15, 0.2) is 0 Å². The van der Waals surface area contributed by atoms with Gasteiger partial charge in [-0.05, 0) is 31.2 Å². The highest BCUT2D eigenvalue weighted by atomic mass is 16.3. The third-order valence-corrected chi connectivity index (χ3v) is 3.01. The number of benzene rings is 1. The van der Waals surface area contributed by atoms with E-state index < -0.39 is 0 Å². The molecule has 0 fully saturated rings. The number of hydrogen-bond acceptors (Lipinski definition) is 3. The second-order valence-electron chi connectivity index (χ2n) is 4.36. The zero-order valence-electron chi connectivity index (χ0n) is 10.8. The fourth-order valence-electron chi connectivity index (χ4n) is 1.91. The summed E-state index contributed by atoms with van der Waals surface area (Å²) in [5.41, 5.74) is 3.44. The van der Waals surface area contributed by atoms with Crippen LogP contribution in [0, 0.1) is 6.92 Å². The number of nitrogens with zero attached hydrogens (tertiary/aromatic N) is 2. The molecule has 4 heteroatoms. The van der Waals surface area contributed by atoms with Crippen LogP contribution in [0.4, 0.5) is 0 Å². The SMILES string of the molecule is CCNCc1cnn(Cc2cccc(O)c2)c1C. The second-order valence-corrected chi connectivity index (χ2v) is 4.36. The first-order valence-electron chi connectivity index (χ1n) is 6.20. The zero-order chi connectivity index (χ0) is 13.0. The largest absolute Gasteiger partial charge is 0.508 e. The molecule has 2 aromatic rings. The van der Waals surface area contributed by atoms with E-state index in [2.05, 4.69) is 24.3 Å². The lowest BCUT2D eigenvalue weighted by molar-refractivity contribution is 0.474. The maximum atomic E-state index is 9.44. The van der Waals surface area contributed by atoms with Crippen LogP contribution in [-0.2, 0) is 13.1 Å². The van der Waals surface area contributed by atoms with Gasteiger partial charge in [-0.3, -0.25) is 4.68 Å². The van der Waals surface area contributed by atoms with Crippen molar-refractivity contribution in [2.24, 2.45) is 0 Å². The van der Waals surface area contributed by atoms with E-state index in [1.807, 2.05) is 23.0 Å². The van der Waals surface area contributed by atoms with Gasteiger partial charge in [-0.25, -0.2) is 0 Å². The van der Waals surface area contributed by atoms with Gasteiger partial charge >= 0.3 is 0 Å². The van der Waals surface area contributed by atoms with Crippen molar-refractivity contribution in [3.05, 3.63) is 47.3 Å². The summed E-state index contributed by atoms with van der Waals surface area (Å²) in [5, 5.41) is 17.1. The summed E-state index contributed by atoms with van der Waals surface area (Å²) >= 11 is 0. The van der Waals surface area contributed by atoms with Gasteiger partial charge in [-0.1, -0.05) is 19.1 Å². The van der Waals surface area contributed by atoms with Gasteiger partial charge in [0.25, 0.3) is 0 Å². The number of hydrogen-bond donors (Lipinski definition) is 2. The average molecular weight is 245 g/mol. The second kappa shape index (κ2) is 5.69. The van der Waals surface area contributed by atoms with E-state index in [-0.39, 0.29) is 0 Å². The lowest BCUT2D eigenvalue weighted by Gasteiger charge is -2.06. The van der Waals surface area contributed by atoms with Gasteiger partial charge in [-0.15, -0.1) is 0 Å². The Morgan fingerprint density at radius 1 is 1.39 bits per heavy atom. The molecule has 2 rings (SSSR count). The predicted octanol–water partition coefficient (Wildman–Crippen LogP) is 2.05. The van der Waals surface area contributed by atoms with Crippen LogP contribution in [0.2, 0.25) is 0 Å². The van der Waals surface area contributed by atoms with Crippen LogP contribution in [0.3, 0.4) is 0 Å². The van der Waals surface area contributed by atoms with Gasteiger partial charge in [-0.2, -0.15) is 5.10 Å². The molecule has 0 bridgehead atoms. The van der Waals surface area contributed by atoms with Crippen molar-refractivity contribution in [2.45, 2.75) is 26.9 Å². The summed E-state index contributed by atoms with van der Waals surface area (Å²) in [7, 11) is 0. The van der Waals surface area contributed by atoms with Crippen molar-refractivity contribution in [3.8, 4) is 5.75 Å². The molecule has 0 atom stereocenters. The van der Waals surface area contributed by atoms with Crippen LogP contribution >= 0.6 is 0 Å². The topological polar surface area (TPSA) is 50.1 Å². The molecule has 0 unspecified atom stereocenters. The summed E-state index contributed by atoms with van der Waals surface area (Å²) in [6, 6.07) is 7.29. The van der Waals surface area contributed by atoms with Crippen LogP contribution in [0.5, 0.6) is 5.75 Å². The Bertz CT molecular complexity index is 520. The summed E-state index contributed by atoms with van der Waals surface area (Å²) in [4.78, 5) is 0. The Balaban J connectivity index is 2.12. The quantitative estimate of drug-likeness (QED) is 0.847. The first-order chi connectivity index (χ1) is 8.70. The van der Waals surface area contributed by atoms with Crippen LogP contribution in [0.15, 0.2) is 30.5 Å². The smallest absolute Gasteiger partial charge is 0.115 e. The molecular weight excluding hydrogens is 226 g/mol. The molecule has 0 aliphatic carbocycles. The lowest BCUT2D eigenvalue weighted by Crippen LogP contribution is -2.12. The van der Waals surface area contributed by atoms with E-state index in [1.165, 1.54) is 11.3 Å². The van der Waals surface area contributed by atoms with Crippen LogP contribution < -0.4 is 5.32 Å². The molecule has 1 aromatic carbocycles. The van der Waals surface area contributed by atoms with Gasteiger partial charge in [0.2, 0.25) is 0 Å². The maximum Gasteiger partial charge on any atom is 0.115 e. The van der Waals surface area contributed by atoms with E-state index in [0.29, 0.717) is 12.3 Å². The minimum atomic E-state index is 0.296. The Kier molecular flexibility index (Phi) is 3.99. The molecule has 0 saturated carbocycles. The molecule has 1 aromatic heterocycles. The van der Waals surface area contributed by atoms with Gasteiger partial charge < -0.3 is 10.4 Å². The number of aromatic nitrogens is 2. The molecule has 4 nitrogen and oxygen atoms in total. The Labute approximate surface area is 107 Å². The fourth-order valence-corrected chi connectivity index (χ4v) is 1.91. The molecule has 0 saturated heterocycles. The van der Waals surface area contributed by atoms with Crippen molar-refractivity contribution in [1.29, 1.82) is 0 Å². The fraction of sp³-hybridized carbons (Fsp3) is 0.357. The molecule has 2 N–H and O–H groups in total. The molecule has 0 amide bonds. The van der Waals surface area contributed by atoms with Crippen molar-refractivity contribution in [2.75, 3.05) is 6.54 Å². The molecule has 18 heavy (non-hydrogen) atoms. The van der Waals surface area contributed by atoms with Gasteiger partial charge in [0, 0.05) is 17.8 Å². The molecular formula is C14H19N3O. The Hall–Kier alpha value is -1.81. The third kappa shape index (κ3) is 2.90. The Morgan fingerprint density at radius 2 is 2.22 bits per heavy atom. The molecule has 0 aliphatic rings. The van der Waals surface area contributed by atoms with Crippen molar-refractivity contribution >= 4 is 0 Å². The van der Waals surface area contributed by atoms with Gasteiger partial charge in [0.05, 0.1) is 12.7 Å². The molecule has 0 radical (unpaired) electrons. The van der Waals surface area contributed by atoms with Crippen molar-refractivity contribution in [1.82, 2.24) is 15.1 Å². The van der Waals surface area contributed by atoms with Crippen LogP contribution in [-0.4, -0.2) is 21.4 Å². The standard InChI is InChI=1S/C14H19N3O/c1-3-15-8-13-9-16-17(11(13)2)10-12-5-4-6-14(18)7-12/h4-7,9,15,18H,3,8,10H2,1-2H3. The molecule has 1 heterocycles. The highest BCUT2D eigenvalue weighted by Crippen LogP contribution is 2.14. The number of phenols is 1. The van der Waals surface area contributed by atoms with Gasteiger partial charge in [0.1, 0.15) is 5.75 Å². The highest BCUT2D eigenvalue weighted by molar-refractivity contribution is 5.28. The van der Waals surface area contributed by atoms with E-state index in [0.717, 1.165) is 18.7 Å². The summed E-state index contributed by atoms with van der Waals surface area (Å²) in [5.74, 6) is 0.296. The maximum absolute atomic E-state index is 9.44. The van der Waals surface area contributed by atoms with E-state index in [1.54, 1.807) is 12.1 Å². The molecule has 0 aliphatic heterocycles. The normalized spacial score (nSPS) is 10.8. The van der Waals surface area contributed by atoms with E-state index in [4.69, 9.17) is 0 Å². The molecule has 0 spiro atoms. The van der Waals surface area contributed by atoms with Crippen molar-refractivity contribution in [3.63, 3.8) is 0 Å². The van der Waals surface area contributed by atoms with Crippen LogP contribution in [0.1, 0.15) is 23.7 Å². The summed E-state index contributed by atoms with van der Waals surface area (Å²) < 4.78 is 1.96. The van der Waals surface area contributed by atoms with E-state index >= 15 is 0 Å². The summed E-state index contributed by atoms with van der Waals surface area (Å²) in [6.07, 6.45) is 1.90. The number of rotatable bonds is 5. The third-order valence-electron chi connectivity index (χ3n) is 3.01.